The van der Waals surface area contributed by atoms with Gasteiger partial charge in [-0.3, -0.25) is 0 Å². The molecule has 0 fully saturated rings. The zero-order valence-electron chi connectivity index (χ0n) is 18.1. The highest BCUT2D eigenvalue weighted by atomic mass is 16.3. The first kappa shape index (κ1) is 20.8. The molecule has 2 heterocycles. The van der Waals surface area contributed by atoms with Crippen LogP contribution in [-0.4, -0.2) is 21.2 Å². The average molecular weight is 390 g/mol. The van der Waals surface area contributed by atoms with Gasteiger partial charge in [0.25, 0.3) is 0 Å². The predicted molar refractivity (Wildman–Crippen MR) is 122 cm³/mol. The van der Waals surface area contributed by atoms with Gasteiger partial charge in [-0.1, -0.05) is 46.6 Å². The molecule has 0 aliphatic carbocycles. The number of rotatable bonds is 3. The Balaban J connectivity index is 2.24. The number of aliphatic hydroxyl groups is 1. The molecule has 3 rings (SSSR count). The zero-order valence-corrected chi connectivity index (χ0v) is 18.1. The third kappa shape index (κ3) is 3.57. The summed E-state index contributed by atoms with van der Waals surface area (Å²) in [5, 5.41) is 20.8. The molecule has 1 aromatic rings. The number of nitrogens with zero attached hydrogens (tertiary/aromatic N) is 1. The first-order valence-electron chi connectivity index (χ1n) is 9.91. The molecular weight excluding hydrogens is 358 g/mol. The molecule has 3 nitrogen and oxygen atoms in total. The second-order valence-electron chi connectivity index (χ2n) is 9.08. The second kappa shape index (κ2) is 7.14. The van der Waals surface area contributed by atoms with Gasteiger partial charge in [-0.2, -0.15) is 0 Å². The summed E-state index contributed by atoms with van der Waals surface area (Å²) in [6, 6.07) is 4.14. The number of hydrogen-bond acceptors (Lipinski definition) is 3. The van der Waals surface area contributed by atoms with Crippen molar-refractivity contribution in [2.45, 2.75) is 47.1 Å². The van der Waals surface area contributed by atoms with Crippen molar-refractivity contribution in [1.29, 1.82) is 0 Å². The lowest BCUT2D eigenvalue weighted by molar-refractivity contribution is 0.188. The zero-order chi connectivity index (χ0) is 21.7. The Morgan fingerprint density at radius 2 is 1.90 bits per heavy atom. The van der Waals surface area contributed by atoms with Crippen LogP contribution < -0.4 is 0 Å². The number of aliphatic hydroxyl groups excluding tert-OH is 1. The third-order valence-electron chi connectivity index (χ3n) is 6.06. The first-order chi connectivity index (χ1) is 13.5. The van der Waals surface area contributed by atoms with Crippen LogP contribution in [0.5, 0.6) is 5.75 Å². The predicted octanol–water partition coefficient (Wildman–Crippen LogP) is 6.51. The lowest BCUT2D eigenvalue weighted by Crippen LogP contribution is -2.45. The molecule has 2 N–H and O–H groups in total. The molecule has 0 amide bonds. The monoisotopic (exact) mass is 389 g/mol. The second-order valence-corrected chi connectivity index (χ2v) is 9.08. The van der Waals surface area contributed by atoms with Crippen molar-refractivity contribution in [2.75, 3.05) is 0 Å². The quantitative estimate of drug-likeness (QED) is 0.457. The minimum Gasteiger partial charge on any atom is -0.508 e. The van der Waals surface area contributed by atoms with Crippen LogP contribution >= 0.6 is 0 Å². The van der Waals surface area contributed by atoms with E-state index in [0.717, 1.165) is 34.4 Å². The Labute approximate surface area is 174 Å². The molecule has 1 atom stereocenters. The van der Waals surface area contributed by atoms with Crippen LogP contribution in [0.25, 0.3) is 11.3 Å². The maximum atomic E-state index is 10.8. The number of phenols is 1. The van der Waals surface area contributed by atoms with Gasteiger partial charge in [0.1, 0.15) is 11.5 Å². The maximum Gasteiger partial charge on any atom is 0.123 e. The van der Waals surface area contributed by atoms with Gasteiger partial charge in [0, 0.05) is 34.6 Å². The van der Waals surface area contributed by atoms with E-state index in [1.807, 2.05) is 38.3 Å². The molecular formula is C26H31NO2. The van der Waals surface area contributed by atoms with Gasteiger partial charge >= 0.3 is 0 Å². The molecule has 1 unspecified atom stereocenters. The summed E-state index contributed by atoms with van der Waals surface area (Å²) >= 11 is 0. The summed E-state index contributed by atoms with van der Waals surface area (Å²) in [6.07, 6.45) is 6.56. The molecule has 1 aromatic carbocycles. The Morgan fingerprint density at radius 1 is 1.24 bits per heavy atom. The lowest BCUT2D eigenvalue weighted by atomic mass is 9.76. The molecule has 0 saturated heterocycles. The summed E-state index contributed by atoms with van der Waals surface area (Å²) in [6.45, 7) is 22.3. The van der Waals surface area contributed by atoms with Crippen molar-refractivity contribution in [3.63, 3.8) is 0 Å². The van der Waals surface area contributed by atoms with Crippen molar-refractivity contribution in [3.05, 3.63) is 89.4 Å². The van der Waals surface area contributed by atoms with E-state index in [1.165, 1.54) is 5.56 Å². The smallest absolute Gasteiger partial charge is 0.123 e. The topological polar surface area (TPSA) is 43.7 Å². The number of aromatic hydroxyl groups is 1. The third-order valence-corrected chi connectivity index (χ3v) is 6.06. The Bertz CT molecular complexity index is 1010. The van der Waals surface area contributed by atoms with E-state index in [1.54, 1.807) is 0 Å². The molecule has 2 aliphatic heterocycles. The van der Waals surface area contributed by atoms with Crippen LogP contribution in [0, 0.1) is 5.41 Å². The fourth-order valence-electron chi connectivity index (χ4n) is 4.08. The van der Waals surface area contributed by atoms with E-state index in [-0.39, 0.29) is 23.0 Å². The van der Waals surface area contributed by atoms with Gasteiger partial charge in [-0.05, 0) is 66.2 Å². The Morgan fingerprint density at radius 3 is 2.45 bits per heavy atom. The molecule has 0 saturated carbocycles. The average Bonchev–Trinajstić information content (AvgIpc) is 2.64. The summed E-state index contributed by atoms with van der Waals surface area (Å²) < 4.78 is 0. The molecule has 0 spiro atoms. The van der Waals surface area contributed by atoms with E-state index >= 15 is 0 Å². The number of phenolic OH excluding ortho intramolecular Hbond substituents is 1. The highest BCUT2D eigenvalue weighted by Crippen LogP contribution is 2.45. The molecule has 0 radical (unpaired) electrons. The van der Waals surface area contributed by atoms with Crippen LogP contribution in [0.1, 0.15) is 51.3 Å². The number of hydrogen-bond donors (Lipinski definition) is 2. The van der Waals surface area contributed by atoms with Crippen LogP contribution in [0.2, 0.25) is 0 Å². The van der Waals surface area contributed by atoms with E-state index < -0.39 is 0 Å². The normalized spacial score (nSPS) is 19.6. The molecule has 2 aliphatic rings. The highest BCUT2D eigenvalue weighted by molar-refractivity contribution is 5.81. The van der Waals surface area contributed by atoms with Gasteiger partial charge in [0.15, 0.2) is 0 Å². The van der Waals surface area contributed by atoms with Crippen molar-refractivity contribution >= 4 is 11.3 Å². The molecule has 29 heavy (non-hydrogen) atoms. The minimum atomic E-state index is -0.00613. The number of allylic oxidation sites excluding steroid dienone is 5. The largest absolute Gasteiger partial charge is 0.508 e. The maximum absolute atomic E-state index is 10.8. The van der Waals surface area contributed by atoms with E-state index in [2.05, 4.69) is 51.5 Å². The SMILES string of the molecule is C=C/C(C)=C(\C)c1cc2c(cc1O)C1=CC(=C)C(C(=C)O)=CN1C(C(C)(C)C)C2. The molecule has 3 heteroatoms. The highest BCUT2D eigenvalue weighted by Gasteiger charge is 2.38. The van der Waals surface area contributed by atoms with Crippen LogP contribution in [-0.2, 0) is 6.42 Å². The summed E-state index contributed by atoms with van der Waals surface area (Å²) in [7, 11) is 0. The van der Waals surface area contributed by atoms with Crippen LogP contribution in [0.15, 0.2) is 72.7 Å². The van der Waals surface area contributed by atoms with Crippen molar-refractivity contribution in [3.8, 4) is 5.75 Å². The Hall–Kier alpha value is -2.94. The van der Waals surface area contributed by atoms with Crippen molar-refractivity contribution < 1.29 is 10.2 Å². The standard InChI is InChI=1S/C26H31NO2/c1-9-15(2)17(4)20-11-19-12-25(26(6,7)8)27-14-22(18(5)28)16(3)10-23(27)21(19)13-24(20)29/h9-11,13-14,25,28-29H,1,3,5,12H2,2,4,6-8H3/b17-15+. The van der Waals surface area contributed by atoms with Gasteiger partial charge in [0.05, 0.1) is 0 Å². The lowest BCUT2D eigenvalue weighted by Gasteiger charge is -2.47. The Kier molecular flexibility index (Phi) is 5.12. The summed E-state index contributed by atoms with van der Waals surface area (Å²) in [4.78, 5) is 2.20. The fourth-order valence-corrected chi connectivity index (χ4v) is 4.08. The van der Waals surface area contributed by atoms with Crippen molar-refractivity contribution in [1.82, 2.24) is 4.90 Å². The van der Waals surface area contributed by atoms with E-state index in [4.69, 9.17) is 0 Å². The molecule has 0 aromatic heterocycles. The molecule has 0 bridgehead atoms. The van der Waals surface area contributed by atoms with Gasteiger partial charge in [-0.15, -0.1) is 0 Å². The number of fused-ring (bicyclic) bond motifs is 3. The number of benzene rings is 1. The van der Waals surface area contributed by atoms with Gasteiger partial charge in [-0.25, -0.2) is 0 Å². The first-order valence-corrected chi connectivity index (χ1v) is 9.91. The van der Waals surface area contributed by atoms with Gasteiger partial charge < -0.3 is 15.1 Å². The van der Waals surface area contributed by atoms with Crippen LogP contribution in [0.3, 0.4) is 0 Å². The van der Waals surface area contributed by atoms with E-state index in [0.29, 0.717) is 11.1 Å². The van der Waals surface area contributed by atoms with Crippen molar-refractivity contribution in [2.24, 2.45) is 5.41 Å². The van der Waals surface area contributed by atoms with E-state index in [9.17, 15) is 10.2 Å². The summed E-state index contributed by atoms with van der Waals surface area (Å²) in [5.41, 5.74) is 7.45. The fraction of sp³-hybridized carbons (Fsp3) is 0.308. The summed E-state index contributed by atoms with van der Waals surface area (Å²) in [5.74, 6) is 0.270. The van der Waals surface area contributed by atoms with Crippen LogP contribution in [0.4, 0.5) is 0 Å². The van der Waals surface area contributed by atoms with Gasteiger partial charge in [0.2, 0.25) is 0 Å². The molecule has 152 valence electrons. The minimum absolute atomic E-state index is 0.00613.